The average molecular weight is 266 g/mol. The third-order valence-electron chi connectivity index (χ3n) is 2.70. The predicted octanol–water partition coefficient (Wildman–Crippen LogP) is 3.46. The first-order valence-electron chi connectivity index (χ1n) is 5.61. The van der Waals surface area contributed by atoms with E-state index in [0.29, 0.717) is 12.0 Å². The molecule has 0 spiro atoms. The van der Waals surface area contributed by atoms with Gasteiger partial charge in [0.15, 0.2) is 0 Å². The fourth-order valence-corrected chi connectivity index (χ4v) is 1.84. The van der Waals surface area contributed by atoms with Gasteiger partial charge in [0.05, 0.1) is 11.1 Å². The lowest BCUT2D eigenvalue weighted by atomic mass is 10.0. The molecule has 2 rings (SSSR count). The van der Waals surface area contributed by atoms with Gasteiger partial charge in [0.25, 0.3) is 0 Å². The maximum Gasteiger partial charge on any atom is 0.141 e. The van der Waals surface area contributed by atoms with Crippen LogP contribution in [0.2, 0.25) is 5.02 Å². The predicted molar refractivity (Wildman–Crippen MR) is 69.0 cm³/mol. The highest BCUT2D eigenvalue weighted by Gasteiger charge is 2.11. The maximum absolute atomic E-state index is 13.0. The Morgan fingerprint density at radius 2 is 2.11 bits per heavy atom. The quantitative estimate of drug-likeness (QED) is 0.922. The molecule has 18 heavy (non-hydrogen) atoms. The zero-order valence-corrected chi connectivity index (χ0v) is 10.7. The smallest absolute Gasteiger partial charge is 0.141 e. The summed E-state index contributed by atoms with van der Waals surface area (Å²) in [4.78, 5) is 4.22. The Morgan fingerprint density at radius 1 is 1.33 bits per heavy atom. The number of aliphatic hydroxyl groups is 1. The summed E-state index contributed by atoms with van der Waals surface area (Å²) in [5.41, 5.74) is 2.44. The minimum atomic E-state index is -0.738. The van der Waals surface area contributed by atoms with Crippen molar-refractivity contribution in [1.29, 1.82) is 0 Å². The van der Waals surface area contributed by atoms with Gasteiger partial charge in [0, 0.05) is 18.3 Å². The van der Waals surface area contributed by atoms with E-state index in [1.807, 2.05) is 19.1 Å². The molecule has 0 saturated heterocycles. The van der Waals surface area contributed by atoms with E-state index in [2.05, 4.69) is 4.98 Å². The number of benzene rings is 1. The van der Waals surface area contributed by atoms with Crippen molar-refractivity contribution in [3.8, 4) is 0 Å². The van der Waals surface area contributed by atoms with Gasteiger partial charge in [0.2, 0.25) is 0 Å². The highest BCUT2D eigenvalue weighted by atomic mass is 35.5. The van der Waals surface area contributed by atoms with Crippen LogP contribution in [0.15, 0.2) is 36.5 Å². The Labute approximate surface area is 110 Å². The molecule has 2 nitrogen and oxygen atoms in total. The third-order valence-corrected chi connectivity index (χ3v) is 2.99. The average Bonchev–Trinajstić information content (AvgIpc) is 2.35. The van der Waals surface area contributed by atoms with Crippen molar-refractivity contribution in [3.63, 3.8) is 0 Å². The topological polar surface area (TPSA) is 33.1 Å². The van der Waals surface area contributed by atoms with Crippen LogP contribution in [0.3, 0.4) is 0 Å². The summed E-state index contributed by atoms with van der Waals surface area (Å²) in [6.45, 7) is 1.95. The Kier molecular flexibility index (Phi) is 3.94. The molecule has 1 atom stereocenters. The number of aryl methyl sites for hydroxylation is 1. The molecule has 4 heteroatoms. The van der Waals surface area contributed by atoms with Crippen molar-refractivity contribution in [2.24, 2.45) is 0 Å². The lowest BCUT2D eigenvalue weighted by Gasteiger charge is -2.11. The second-order valence-corrected chi connectivity index (χ2v) is 4.63. The lowest BCUT2D eigenvalue weighted by molar-refractivity contribution is 0.177. The van der Waals surface area contributed by atoms with Crippen LogP contribution in [0, 0.1) is 12.7 Å². The van der Waals surface area contributed by atoms with Crippen LogP contribution in [0.1, 0.15) is 22.9 Å². The molecular weight excluding hydrogens is 253 g/mol. The second-order valence-electron chi connectivity index (χ2n) is 4.22. The van der Waals surface area contributed by atoms with Gasteiger partial charge in [-0.15, -0.1) is 0 Å². The normalized spacial score (nSPS) is 12.4. The van der Waals surface area contributed by atoms with Gasteiger partial charge in [-0.05, 0) is 36.2 Å². The zero-order chi connectivity index (χ0) is 13.1. The van der Waals surface area contributed by atoms with Gasteiger partial charge < -0.3 is 5.11 Å². The molecule has 1 N–H and O–H groups in total. The number of hydrogen-bond acceptors (Lipinski definition) is 2. The summed E-state index contributed by atoms with van der Waals surface area (Å²) >= 11 is 5.68. The number of rotatable bonds is 3. The fraction of sp³-hybridized carbons (Fsp3) is 0.214. The molecule has 2 aromatic rings. The van der Waals surface area contributed by atoms with Crippen LogP contribution in [0.25, 0.3) is 0 Å². The number of pyridine rings is 1. The molecule has 0 amide bonds. The Balaban J connectivity index is 2.13. The standard InChI is InChI=1S/C14H13ClFNO/c1-9-2-4-11(17-8-9)7-14(18)10-3-5-13(16)12(15)6-10/h2-6,8,14,18H,7H2,1H3. The number of aromatic nitrogens is 1. The first-order valence-corrected chi connectivity index (χ1v) is 5.98. The van der Waals surface area contributed by atoms with Gasteiger partial charge >= 0.3 is 0 Å². The molecule has 1 aromatic carbocycles. The van der Waals surface area contributed by atoms with Crippen molar-refractivity contribution < 1.29 is 9.50 Å². The first kappa shape index (κ1) is 13.0. The van der Waals surface area contributed by atoms with Crippen LogP contribution < -0.4 is 0 Å². The van der Waals surface area contributed by atoms with E-state index in [0.717, 1.165) is 11.3 Å². The largest absolute Gasteiger partial charge is 0.388 e. The third kappa shape index (κ3) is 3.06. The molecule has 0 aliphatic rings. The molecule has 0 saturated carbocycles. The lowest BCUT2D eigenvalue weighted by Crippen LogP contribution is -2.03. The Hall–Kier alpha value is -1.45. The molecule has 0 fully saturated rings. The van der Waals surface area contributed by atoms with E-state index in [1.165, 1.54) is 18.2 Å². The molecule has 0 bridgehead atoms. The summed E-state index contributed by atoms with van der Waals surface area (Å²) in [7, 11) is 0. The highest BCUT2D eigenvalue weighted by molar-refractivity contribution is 6.30. The number of halogens is 2. The summed E-state index contributed by atoms with van der Waals surface area (Å²) in [5.74, 6) is -0.485. The molecule has 0 aliphatic carbocycles. The monoisotopic (exact) mass is 265 g/mol. The van der Waals surface area contributed by atoms with Gasteiger partial charge in [-0.2, -0.15) is 0 Å². The fourth-order valence-electron chi connectivity index (χ4n) is 1.65. The zero-order valence-electron chi connectivity index (χ0n) is 9.90. The Bertz CT molecular complexity index is 542. The van der Waals surface area contributed by atoms with Crippen LogP contribution in [0.5, 0.6) is 0 Å². The second kappa shape index (κ2) is 5.46. The Morgan fingerprint density at radius 3 is 2.72 bits per heavy atom. The van der Waals surface area contributed by atoms with E-state index in [9.17, 15) is 9.50 Å². The van der Waals surface area contributed by atoms with Gasteiger partial charge in [0.1, 0.15) is 5.82 Å². The van der Waals surface area contributed by atoms with Gasteiger partial charge in [-0.1, -0.05) is 23.7 Å². The van der Waals surface area contributed by atoms with E-state index in [1.54, 1.807) is 6.20 Å². The molecule has 1 heterocycles. The van der Waals surface area contributed by atoms with Crippen LogP contribution in [0.4, 0.5) is 4.39 Å². The van der Waals surface area contributed by atoms with Gasteiger partial charge in [-0.25, -0.2) is 4.39 Å². The van der Waals surface area contributed by atoms with E-state index >= 15 is 0 Å². The van der Waals surface area contributed by atoms with Crippen LogP contribution in [-0.2, 0) is 6.42 Å². The minimum absolute atomic E-state index is 0.0171. The number of hydrogen-bond donors (Lipinski definition) is 1. The summed E-state index contributed by atoms with van der Waals surface area (Å²) in [5, 5.41) is 10.1. The SMILES string of the molecule is Cc1ccc(CC(O)c2ccc(F)c(Cl)c2)nc1. The summed E-state index contributed by atoms with van der Waals surface area (Å²) in [6.07, 6.45) is 1.39. The molecule has 94 valence electrons. The summed E-state index contributed by atoms with van der Waals surface area (Å²) in [6, 6.07) is 8.02. The van der Waals surface area contributed by atoms with Crippen molar-refractivity contribution >= 4 is 11.6 Å². The van der Waals surface area contributed by atoms with Crippen molar-refractivity contribution in [3.05, 3.63) is 64.2 Å². The number of nitrogens with zero attached hydrogens (tertiary/aromatic N) is 1. The first-order chi connectivity index (χ1) is 8.56. The van der Waals surface area contributed by atoms with Crippen molar-refractivity contribution in [2.75, 3.05) is 0 Å². The van der Waals surface area contributed by atoms with E-state index in [4.69, 9.17) is 11.6 Å². The maximum atomic E-state index is 13.0. The van der Waals surface area contributed by atoms with Crippen LogP contribution in [-0.4, -0.2) is 10.1 Å². The minimum Gasteiger partial charge on any atom is -0.388 e. The highest BCUT2D eigenvalue weighted by Crippen LogP contribution is 2.23. The van der Waals surface area contributed by atoms with Crippen molar-refractivity contribution in [2.45, 2.75) is 19.4 Å². The molecule has 1 unspecified atom stereocenters. The molecule has 0 radical (unpaired) electrons. The number of aliphatic hydroxyl groups excluding tert-OH is 1. The van der Waals surface area contributed by atoms with Crippen LogP contribution >= 0.6 is 11.6 Å². The van der Waals surface area contributed by atoms with E-state index < -0.39 is 11.9 Å². The summed E-state index contributed by atoms with van der Waals surface area (Å²) < 4.78 is 13.0. The van der Waals surface area contributed by atoms with Gasteiger partial charge in [-0.3, -0.25) is 4.98 Å². The van der Waals surface area contributed by atoms with Crippen molar-refractivity contribution in [1.82, 2.24) is 4.98 Å². The van der Waals surface area contributed by atoms with E-state index in [-0.39, 0.29) is 5.02 Å². The molecular formula is C14H13ClFNO. The molecule has 1 aromatic heterocycles. The molecule has 0 aliphatic heterocycles.